The van der Waals surface area contributed by atoms with Crippen molar-refractivity contribution >= 4 is 17.6 Å². The van der Waals surface area contributed by atoms with Crippen LogP contribution in [0.15, 0.2) is 12.3 Å². The Morgan fingerprint density at radius 1 is 1.28 bits per heavy atom. The summed E-state index contributed by atoms with van der Waals surface area (Å²) < 4.78 is 82.3. The molecule has 7 nitrogen and oxygen atoms in total. The standard InChI is InChI=1S/C19H19F6N5O2/c1-9-14(19(23,24)25)15(30(29-9)8-10-2-4-18(21,22)5-3-10)17(32)28-13-6-11(16(26)31)12(20)7-27-13/h6-7,10H,2-5,8H2,1H3,(H2,26,31)(H,27,28,32). The summed E-state index contributed by atoms with van der Waals surface area (Å²) in [4.78, 5) is 27.6. The molecule has 2 aromatic rings. The SMILES string of the molecule is Cc1nn(CC2CCC(F)(F)CC2)c(C(=O)Nc2cc(C(N)=O)c(F)cn2)c1C(F)(F)F. The predicted octanol–water partition coefficient (Wildman–Crippen LogP) is 3.92. The van der Waals surface area contributed by atoms with Crippen LogP contribution < -0.4 is 11.1 Å². The van der Waals surface area contributed by atoms with Gasteiger partial charge in [-0.05, 0) is 31.7 Å². The van der Waals surface area contributed by atoms with Gasteiger partial charge in [-0.3, -0.25) is 14.3 Å². The molecule has 1 fully saturated rings. The Hall–Kier alpha value is -3.12. The number of carbonyl (C=O) groups is 2. The molecule has 1 saturated carbocycles. The third-order valence-electron chi connectivity index (χ3n) is 5.26. The summed E-state index contributed by atoms with van der Waals surface area (Å²) in [6.45, 7) is 0.908. The highest BCUT2D eigenvalue weighted by atomic mass is 19.4. The van der Waals surface area contributed by atoms with E-state index in [9.17, 15) is 35.9 Å². The van der Waals surface area contributed by atoms with E-state index < -0.39 is 76.8 Å². The molecule has 3 rings (SSSR count). The lowest BCUT2D eigenvalue weighted by molar-refractivity contribution is -0.138. The highest BCUT2D eigenvalue weighted by Gasteiger charge is 2.42. The lowest BCUT2D eigenvalue weighted by Gasteiger charge is -2.28. The first-order chi connectivity index (χ1) is 14.8. The van der Waals surface area contributed by atoms with Gasteiger partial charge in [0.1, 0.15) is 17.1 Å². The number of primary amides is 1. The van der Waals surface area contributed by atoms with Gasteiger partial charge in [0.05, 0.1) is 17.5 Å². The van der Waals surface area contributed by atoms with Crippen molar-refractivity contribution in [3.63, 3.8) is 0 Å². The highest BCUT2D eigenvalue weighted by Crippen LogP contribution is 2.38. The number of hydrogen-bond donors (Lipinski definition) is 2. The van der Waals surface area contributed by atoms with Crippen LogP contribution in [0, 0.1) is 18.7 Å². The van der Waals surface area contributed by atoms with Crippen molar-refractivity contribution in [3.05, 3.63) is 40.6 Å². The van der Waals surface area contributed by atoms with Crippen LogP contribution in [-0.2, 0) is 12.7 Å². The number of pyridine rings is 1. The Morgan fingerprint density at radius 3 is 2.47 bits per heavy atom. The summed E-state index contributed by atoms with van der Waals surface area (Å²) in [6.07, 6.45) is -5.01. The Labute approximate surface area is 178 Å². The monoisotopic (exact) mass is 463 g/mol. The van der Waals surface area contributed by atoms with Gasteiger partial charge < -0.3 is 11.1 Å². The van der Waals surface area contributed by atoms with Crippen LogP contribution in [0.3, 0.4) is 0 Å². The van der Waals surface area contributed by atoms with Crippen LogP contribution in [0.4, 0.5) is 32.2 Å². The fraction of sp³-hybridized carbons (Fsp3) is 0.474. The third kappa shape index (κ3) is 5.02. The first kappa shape index (κ1) is 23.5. The van der Waals surface area contributed by atoms with Crippen molar-refractivity contribution in [1.82, 2.24) is 14.8 Å². The fourth-order valence-corrected chi connectivity index (χ4v) is 3.68. The first-order valence-electron chi connectivity index (χ1n) is 9.57. The van der Waals surface area contributed by atoms with Crippen molar-refractivity contribution in [3.8, 4) is 0 Å². The molecule has 1 aliphatic rings. The van der Waals surface area contributed by atoms with E-state index in [2.05, 4.69) is 15.4 Å². The second kappa shape index (κ2) is 8.43. The Morgan fingerprint density at radius 2 is 1.91 bits per heavy atom. The molecule has 174 valence electrons. The van der Waals surface area contributed by atoms with E-state index in [0.717, 1.165) is 17.7 Å². The Bertz CT molecular complexity index is 1040. The van der Waals surface area contributed by atoms with Gasteiger partial charge in [-0.1, -0.05) is 0 Å². The van der Waals surface area contributed by atoms with Gasteiger partial charge in [-0.2, -0.15) is 18.3 Å². The van der Waals surface area contributed by atoms with Crippen molar-refractivity contribution in [1.29, 1.82) is 0 Å². The van der Waals surface area contributed by atoms with E-state index in [-0.39, 0.29) is 19.4 Å². The number of rotatable bonds is 5. The molecule has 2 heterocycles. The number of nitrogens with zero attached hydrogens (tertiary/aromatic N) is 3. The molecule has 0 aliphatic heterocycles. The number of hydrogen-bond acceptors (Lipinski definition) is 4. The zero-order chi connectivity index (χ0) is 23.8. The zero-order valence-corrected chi connectivity index (χ0v) is 16.8. The van der Waals surface area contributed by atoms with Gasteiger partial charge in [-0.15, -0.1) is 0 Å². The minimum atomic E-state index is -4.93. The molecular weight excluding hydrogens is 444 g/mol. The summed E-state index contributed by atoms with van der Waals surface area (Å²) in [5.41, 5.74) is 1.83. The average molecular weight is 463 g/mol. The average Bonchev–Trinajstić information content (AvgIpc) is 3.01. The molecule has 13 heteroatoms. The molecule has 2 aromatic heterocycles. The second-order valence-electron chi connectivity index (χ2n) is 7.66. The Kier molecular flexibility index (Phi) is 6.20. The third-order valence-corrected chi connectivity index (χ3v) is 5.26. The molecule has 0 bridgehead atoms. The molecule has 1 aliphatic carbocycles. The van der Waals surface area contributed by atoms with Gasteiger partial charge in [0, 0.05) is 19.4 Å². The normalized spacial score (nSPS) is 16.7. The second-order valence-corrected chi connectivity index (χ2v) is 7.66. The summed E-state index contributed by atoms with van der Waals surface area (Å²) in [6, 6.07) is 0.791. The summed E-state index contributed by atoms with van der Waals surface area (Å²) in [5.74, 6) is -7.10. The number of carbonyl (C=O) groups excluding carboxylic acids is 2. The number of amides is 2. The lowest BCUT2D eigenvalue weighted by atomic mass is 9.87. The molecule has 2 amide bonds. The first-order valence-corrected chi connectivity index (χ1v) is 9.57. The molecule has 0 radical (unpaired) electrons. The molecule has 0 saturated heterocycles. The Balaban J connectivity index is 1.94. The van der Waals surface area contributed by atoms with Gasteiger partial charge in [-0.25, -0.2) is 18.2 Å². The fourth-order valence-electron chi connectivity index (χ4n) is 3.68. The molecule has 3 N–H and O–H groups in total. The van der Waals surface area contributed by atoms with E-state index in [1.165, 1.54) is 0 Å². The van der Waals surface area contributed by atoms with E-state index >= 15 is 0 Å². The minimum Gasteiger partial charge on any atom is -0.366 e. The zero-order valence-electron chi connectivity index (χ0n) is 16.8. The molecule has 0 aromatic carbocycles. The summed E-state index contributed by atoms with van der Waals surface area (Å²) in [5, 5.41) is 5.92. The summed E-state index contributed by atoms with van der Waals surface area (Å²) >= 11 is 0. The van der Waals surface area contributed by atoms with Gasteiger partial charge in [0.2, 0.25) is 5.92 Å². The molecular formula is C19H19F6N5O2. The number of nitrogens with one attached hydrogen (secondary N) is 1. The lowest BCUT2D eigenvalue weighted by Crippen LogP contribution is -2.29. The van der Waals surface area contributed by atoms with Crippen LogP contribution in [0.5, 0.6) is 0 Å². The van der Waals surface area contributed by atoms with Crippen LogP contribution >= 0.6 is 0 Å². The quantitative estimate of drug-likeness (QED) is 0.656. The molecule has 32 heavy (non-hydrogen) atoms. The topological polar surface area (TPSA) is 103 Å². The van der Waals surface area contributed by atoms with Crippen LogP contribution in [0.25, 0.3) is 0 Å². The maximum atomic E-state index is 13.7. The summed E-state index contributed by atoms with van der Waals surface area (Å²) in [7, 11) is 0. The van der Waals surface area contributed by atoms with Crippen LogP contribution in [0.2, 0.25) is 0 Å². The van der Waals surface area contributed by atoms with Crippen molar-refractivity contribution < 1.29 is 35.9 Å². The number of nitrogens with two attached hydrogens (primary N) is 1. The minimum absolute atomic E-state index is 0.0653. The van der Waals surface area contributed by atoms with Crippen molar-refractivity contribution in [2.24, 2.45) is 11.7 Å². The molecule has 0 spiro atoms. The van der Waals surface area contributed by atoms with E-state index in [1.54, 1.807) is 0 Å². The number of aryl methyl sites for hydroxylation is 1. The maximum absolute atomic E-state index is 13.7. The molecule has 0 atom stereocenters. The van der Waals surface area contributed by atoms with E-state index in [0.29, 0.717) is 6.20 Å². The van der Waals surface area contributed by atoms with E-state index in [4.69, 9.17) is 5.73 Å². The molecule has 0 unspecified atom stereocenters. The highest BCUT2D eigenvalue weighted by molar-refractivity contribution is 6.04. The largest absolute Gasteiger partial charge is 0.420 e. The number of alkyl halides is 5. The predicted molar refractivity (Wildman–Crippen MR) is 99.5 cm³/mol. The number of halogens is 6. The van der Waals surface area contributed by atoms with Crippen molar-refractivity contribution in [2.75, 3.05) is 5.32 Å². The number of aromatic nitrogens is 3. The van der Waals surface area contributed by atoms with E-state index in [1.807, 2.05) is 0 Å². The maximum Gasteiger partial charge on any atom is 0.420 e. The smallest absolute Gasteiger partial charge is 0.366 e. The number of anilines is 1. The van der Waals surface area contributed by atoms with Crippen molar-refractivity contribution in [2.45, 2.75) is 51.3 Å². The van der Waals surface area contributed by atoms with Crippen LogP contribution in [0.1, 0.15) is 57.8 Å². The van der Waals surface area contributed by atoms with Gasteiger partial charge >= 0.3 is 6.18 Å². The van der Waals surface area contributed by atoms with Crippen LogP contribution in [-0.4, -0.2) is 32.5 Å². The van der Waals surface area contributed by atoms with Gasteiger partial charge in [0.15, 0.2) is 5.82 Å². The van der Waals surface area contributed by atoms with Gasteiger partial charge in [0.25, 0.3) is 11.8 Å².